The zero-order valence-electron chi connectivity index (χ0n) is 12.2. The van der Waals surface area contributed by atoms with E-state index < -0.39 is 0 Å². The van der Waals surface area contributed by atoms with Crippen LogP contribution in [0.3, 0.4) is 0 Å². The molecule has 2 nitrogen and oxygen atoms in total. The van der Waals surface area contributed by atoms with Crippen molar-refractivity contribution >= 4 is 5.91 Å². The Balaban J connectivity index is 2.76. The number of carbonyl (C=O) groups is 1. The molecule has 1 unspecified atom stereocenters. The normalized spacial score (nSPS) is 21.2. The zero-order chi connectivity index (χ0) is 13.4. The van der Waals surface area contributed by atoms with E-state index in [9.17, 15) is 4.79 Å². The molecule has 0 aromatic rings. The van der Waals surface area contributed by atoms with Crippen LogP contribution in [-0.4, -0.2) is 11.4 Å². The van der Waals surface area contributed by atoms with Crippen molar-refractivity contribution in [3.63, 3.8) is 0 Å². The van der Waals surface area contributed by atoms with Gasteiger partial charge in [0.05, 0.1) is 0 Å². The molecule has 1 rings (SSSR count). The molecule has 0 aliphatic heterocycles. The molecule has 1 amide bonds. The maximum atomic E-state index is 12.0. The number of amides is 1. The highest BCUT2D eigenvalue weighted by Gasteiger charge is 2.26. The van der Waals surface area contributed by atoms with E-state index in [4.69, 9.17) is 0 Å². The van der Waals surface area contributed by atoms with Crippen LogP contribution in [0.5, 0.6) is 0 Å². The van der Waals surface area contributed by atoms with E-state index in [1.165, 1.54) is 22.3 Å². The lowest BCUT2D eigenvalue weighted by Gasteiger charge is -2.22. The SMILES string of the molecule is CC1=C(C)C(C)C(CC(=O)NC(C)(C)C)=C1C. The van der Waals surface area contributed by atoms with Gasteiger partial charge in [-0.2, -0.15) is 0 Å². The molecule has 0 spiro atoms. The van der Waals surface area contributed by atoms with E-state index >= 15 is 0 Å². The van der Waals surface area contributed by atoms with Gasteiger partial charge in [0, 0.05) is 12.0 Å². The minimum atomic E-state index is -0.148. The second kappa shape index (κ2) is 4.67. The van der Waals surface area contributed by atoms with E-state index in [1.54, 1.807) is 0 Å². The minimum Gasteiger partial charge on any atom is -0.351 e. The van der Waals surface area contributed by atoms with E-state index in [0.717, 1.165) is 0 Å². The lowest BCUT2D eigenvalue weighted by Crippen LogP contribution is -2.40. The molecule has 0 bridgehead atoms. The van der Waals surface area contributed by atoms with Crippen LogP contribution in [0, 0.1) is 5.92 Å². The predicted octanol–water partition coefficient (Wildman–Crippen LogP) is 3.59. The van der Waals surface area contributed by atoms with Gasteiger partial charge in [-0.3, -0.25) is 4.79 Å². The Morgan fingerprint density at radius 2 is 1.71 bits per heavy atom. The molecule has 0 aromatic heterocycles. The number of hydrogen-bond donors (Lipinski definition) is 1. The maximum absolute atomic E-state index is 12.0. The summed E-state index contributed by atoms with van der Waals surface area (Å²) in [5.74, 6) is 0.543. The fraction of sp³-hybridized carbons (Fsp3) is 0.667. The van der Waals surface area contributed by atoms with Crippen LogP contribution in [0.1, 0.15) is 54.9 Å². The van der Waals surface area contributed by atoms with E-state index in [-0.39, 0.29) is 11.4 Å². The fourth-order valence-electron chi connectivity index (χ4n) is 2.37. The van der Waals surface area contributed by atoms with Crippen LogP contribution in [0.15, 0.2) is 22.3 Å². The summed E-state index contributed by atoms with van der Waals surface area (Å²) < 4.78 is 0. The lowest BCUT2D eigenvalue weighted by atomic mass is 9.95. The van der Waals surface area contributed by atoms with Gasteiger partial charge in [0.2, 0.25) is 5.91 Å². The first-order valence-corrected chi connectivity index (χ1v) is 6.32. The van der Waals surface area contributed by atoms with Crippen molar-refractivity contribution in [3.8, 4) is 0 Å². The molecule has 0 fully saturated rings. The Labute approximate surface area is 105 Å². The Morgan fingerprint density at radius 1 is 1.18 bits per heavy atom. The monoisotopic (exact) mass is 235 g/mol. The second-order valence-corrected chi connectivity index (χ2v) is 6.15. The summed E-state index contributed by atoms with van der Waals surface area (Å²) in [6.07, 6.45) is 0.527. The first-order chi connectivity index (χ1) is 7.63. The minimum absolute atomic E-state index is 0.126. The highest BCUT2D eigenvalue weighted by atomic mass is 16.1. The predicted molar refractivity (Wildman–Crippen MR) is 72.8 cm³/mol. The molecule has 0 saturated heterocycles. The molecular formula is C15H25NO. The van der Waals surface area contributed by atoms with E-state index in [0.29, 0.717) is 12.3 Å². The quantitative estimate of drug-likeness (QED) is 0.778. The standard InChI is InChI=1S/C15H25NO/c1-9-10(2)12(4)13(11(9)3)8-14(17)16-15(5,6)7/h11H,8H2,1-7H3,(H,16,17). The van der Waals surface area contributed by atoms with Gasteiger partial charge >= 0.3 is 0 Å². The smallest absolute Gasteiger partial charge is 0.224 e. The van der Waals surface area contributed by atoms with Gasteiger partial charge in [-0.05, 0) is 58.6 Å². The second-order valence-electron chi connectivity index (χ2n) is 6.15. The summed E-state index contributed by atoms with van der Waals surface area (Å²) in [5.41, 5.74) is 5.20. The number of carbonyl (C=O) groups excluding carboxylic acids is 1. The van der Waals surface area contributed by atoms with Crippen molar-refractivity contribution in [2.45, 2.75) is 60.4 Å². The Kier molecular flexibility index (Phi) is 3.85. The molecular weight excluding hydrogens is 210 g/mol. The molecule has 1 aliphatic carbocycles. The third-order valence-corrected chi connectivity index (χ3v) is 3.67. The van der Waals surface area contributed by atoms with Crippen LogP contribution in [-0.2, 0) is 4.79 Å². The topological polar surface area (TPSA) is 29.1 Å². The third-order valence-electron chi connectivity index (χ3n) is 3.67. The molecule has 96 valence electrons. The van der Waals surface area contributed by atoms with Gasteiger partial charge in [-0.1, -0.05) is 18.1 Å². The van der Waals surface area contributed by atoms with Crippen molar-refractivity contribution < 1.29 is 4.79 Å². The highest BCUT2D eigenvalue weighted by Crippen LogP contribution is 2.38. The number of hydrogen-bond acceptors (Lipinski definition) is 1. The Morgan fingerprint density at radius 3 is 2.06 bits per heavy atom. The first kappa shape index (κ1) is 14.0. The van der Waals surface area contributed by atoms with Gasteiger partial charge in [0.25, 0.3) is 0 Å². The van der Waals surface area contributed by atoms with Crippen molar-refractivity contribution in [3.05, 3.63) is 22.3 Å². The highest BCUT2D eigenvalue weighted by molar-refractivity contribution is 5.80. The molecule has 0 aromatic carbocycles. The van der Waals surface area contributed by atoms with E-state index in [2.05, 4.69) is 33.0 Å². The first-order valence-electron chi connectivity index (χ1n) is 6.32. The van der Waals surface area contributed by atoms with Crippen molar-refractivity contribution in [2.24, 2.45) is 5.92 Å². The summed E-state index contributed by atoms with van der Waals surface area (Å²) in [5, 5.41) is 3.03. The fourth-order valence-corrected chi connectivity index (χ4v) is 2.37. The third kappa shape index (κ3) is 3.21. The molecule has 0 heterocycles. The van der Waals surface area contributed by atoms with Crippen molar-refractivity contribution in [2.75, 3.05) is 0 Å². The molecule has 2 heteroatoms. The molecule has 1 aliphatic rings. The molecule has 17 heavy (non-hydrogen) atoms. The van der Waals surface area contributed by atoms with Crippen LogP contribution in [0.25, 0.3) is 0 Å². The Hall–Kier alpha value is -1.05. The van der Waals surface area contributed by atoms with Gasteiger partial charge in [0.15, 0.2) is 0 Å². The van der Waals surface area contributed by atoms with Gasteiger partial charge < -0.3 is 5.32 Å². The van der Waals surface area contributed by atoms with Crippen LogP contribution in [0.2, 0.25) is 0 Å². The van der Waals surface area contributed by atoms with Crippen molar-refractivity contribution in [1.82, 2.24) is 5.32 Å². The summed E-state index contributed by atoms with van der Waals surface area (Å²) in [4.78, 5) is 12.0. The zero-order valence-corrected chi connectivity index (χ0v) is 12.2. The molecule has 1 N–H and O–H groups in total. The average Bonchev–Trinajstić information content (AvgIpc) is 2.33. The summed E-state index contributed by atoms with van der Waals surface area (Å²) in [7, 11) is 0. The molecule has 1 atom stereocenters. The van der Waals surface area contributed by atoms with Gasteiger partial charge in [-0.15, -0.1) is 0 Å². The summed E-state index contributed by atoms with van der Waals surface area (Å²) >= 11 is 0. The maximum Gasteiger partial charge on any atom is 0.224 e. The van der Waals surface area contributed by atoms with Gasteiger partial charge in [0.1, 0.15) is 0 Å². The van der Waals surface area contributed by atoms with Crippen LogP contribution in [0.4, 0.5) is 0 Å². The number of nitrogens with one attached hydrogen (secondary N) is 1. The van der Waals surface area contributed by atoms with Crippen LogP contribution >= 0.6 is 0 Å². The summed E-state index contributed by atoms with van der Waals surface area (Å²) in [6, 6.07) is 0. The molecule has 0 radical (unpaired) electrons. The lowest BCUT2D eigenvalue weighted by molar-refractivity contribution is -0.121. The molecule has 0 saturated carbocycles. The summed E-state index contributed by atoms with van der Waals surface area (Å²) in [6.45, 7) is 14.7. The van der Waals surface area contributed by atoms with Crippen LogP contribution < -0.4 is 5.32 Å². The largest absolute Gasteiger partial charge is 0.351 e. The average molecular weight is 235 g/mol. The van der Waals surface area contributed by atoms with E-state index in [1.807, 2.05) is 20.8 Å². The van der Waals surface area contributed by atoms with Crippen molar-refractivity contribution in [1.29, 1.82) is 0 Å². The number of rotatable bonds is 2. The Bertz CT molecular complexity index is 394. The van der Waals surface area contributed by atoms with Gasteiger partial charge in [-0.25, -0.2) is 0 Å². The number of allylic oxidation sites excluding steroid dienone is 3.